The van der Waals surface area contributed by atoms with Crippen LogP contribution in [0.25, 0.3) is 0 Å². The minimum absolute atomic E-state index is 0.293. The number of aryl methyl sites for hydroxylation is 2. The van der Waals surface area contributed by atoms with Crippen LogP contribution >= 0.6 is 31.9 Å². The van der Waals surface area contributed by atoms with E-state index in [0.717, 1.165) is 14.5 Å². The molecule has 0 atom stereocenters. The highest BCUT2D eigenvalue weighted by Gasteiger charge is 2.18. The van der Waals surface area contributed by atoms with Gasteiger partial charge in [-0.3, -0.25) is 4.72 Å². The van der Waals surface area contributed by atoms with Crippen LogP contribution in [0.4, 0.5) is 5.69 Å². The van der Waals surface area contributed by atoms with Gasteiger partial charge in [0.1, 0.15) is 0 Å². The van der Waals surface area contributed by atoms with Crippen LogP contribution in [-0.4, -0.2) is 8.42 Å². The molecule has 0 amide bonds. The van der Waals surface area contributed by atoms with Crippen molar-refractivity contribution in [3.8, 4) is 0 Å². The number of anilines is 1. The molecular weight excluding hydrogens is 406 g/mol. The molecule has 0 radical (unpaired) electrons. The van der Waals surface area contributed by atoms with Gasteiger partial charge in [-0.25, -0.2) is 8.42 Å². The van der Waals surface area contributed by atoms with Gasteiger partial charge in [0.25, 0.3) is 10.0 Å². The summed E-state index contributed by atoms with van der Waals surface area (Å²) in [7, 11) is -3.58. The Morgan fingerprint density at radius 1 is 0.950 bits per heavy atom. The van der Waals surface area contributed by atoms with Gasteiger partial charge in [0.05, 0.1) is 4.90 Å². The second kappa shape index (κ2) is 5.87. The lowest BCUT2D eigenvalue weighted by molar-refractivity contribution is 0.600. The topological polar surface area (TPSA) is 46.2 Å². The third-order valence-corrected chi connectivity index (χ3v) is 5.75. The summed E-state index contributed by atoms with van der Waals surface area (Å²) in [6.07, 6.45) is 0. The maximum absolute atomic E-state index is 12.4. The zero-order valence-electron chi connectivity index (χ0n) is 10.9. The predicted molar refractivity (Wildman–Crippen MR) is 88.6 cm³/mol. The van der Waals surface area contributed by atoms with Crippen molar-refractivity contribution < 1.29 is 8.42 Å². The molecule has 0 aliphatic heterocycles. The molecule has 3 nitrogen and oxygen atoms in total. The summed E-state index contributed by atoms with van der Waals surface area (Å²) in [4.78, 5) is 0.293. The molecule has 0 unspecified atom stereocenters. The van der Waals surface area contributed by atoms with Gasteiger partial charge < -0.3 is 0 Å². The van der Waals surface area contributed by atoms with Crippen molar-refractivity contribution in [3.63, 3.8) is 0 Å². The monoisotopic (exact) mass is 417 g/mol. The highest BCUT2D eigenvalue weighted by atomic mass is 79.9. The number of rotatable bonds is 3. The lowest BCUT2D eigenvalue weighted by Gasteiger charge is -2.12. The van der Waals surface area contributed by atoms with E-state index in [1.807, 2.05) is 13.0 Å². The number of nitrogens with one attached hydrogen (secondary N) is 1. The average molecular weight is 419 g/mol. The summed E-state index contributed by atoms with van der Waals surface area (Å²) in [5, 5.41) is 0. The third-order valence-electron chi connectivity index (χ3n) is 2.84. The zero-order valence-corrected chi connectivity index (χ0v) is 14.9. The standard InChI is InChI=1S/C14H13Br2NO2S/c1-9-8-14(10(2)7-13(9)16)20(18,19)17-12-5-3-11(15)4-6-12/h3-8,17H,1-2H3. The van der Waals surface area contributed by atoms with Gasteiger partial charge >= 0.3 is 0 Å². The van der Waals surface area contributed by atoms with Gasteiger partial charge in [-0.2, -0.15) is 0 Å². The van der Waals surface area contributed by atoms with Crippen LogP contribution in [0.5, 0.6) is 0 Å². The van der Waals surface area contributed by atoms with Gasteiger partial charge in [-0.15, -0.1) is 0 Å². The summed E-state index contributed by atoms with van der Waals surface area (Å²) in [5.41, 5.74) is 2.12. The largest absolute Gasteiger partial charge is 0.280 e. The second-order valence-corrected chi connectivity index (χ2v) is 7.90. The normalized spacial score (nSPS) is 11.4. The van der Waals surface area contributed by atoms with E-state index in [9.17, 15) is 8.42 Å². The van der Waals surface area contributed by atoms with Crippen LogP contribution < -0.4 is 4.72 Å². The van der Waals surface area contributed by atoms with Crippen LogP contribution in [0.3, 0.4) is 0 Å². The molecular formula is C14H13Br2NO2S. The molecule has 20 heavy (non-hydrogen) atoms. The summed E-state index contributed by atoms with van der Waals surface area (Å²) < 4.78 is 29.3. The minimum atomic E-state index is -3.58. The first-order valence-electron chi connectivity index (χ1n) is 5.85. The van der Waals surface area contributed by atoms with Crippen LogP contribution in [-0.2, 0) is 10.0 Å². The molecule has 0 saturated heterocycles. The first-order chi connectivity index (χ1) is 9.29. The van der Waals surface area contributed by atoms with Crippen LogP contribution in [0.1, 0.15) is 11.1 Å². The predicted octanol–water partition coefficient (Wildman–Crippen LogP) is 4.63. The quantitative estimate of drug-likeness (QED) is 0.789. The fourth-order valence-electron chi connectivity index (χ4n) is 1.77. The molecule has 0 saturated carbocycles. The van der Waals surface area contributed by atoms with Crippen molar-refractivity contribution in [3.05, 3.63) is 56.5 Å². The Morgan fingerprint density at radius 2 is 1.55 bits per heavy atom. The number of hydrogen-bond acceptors (Lipinski definition) is 2. The van der Waals surface area contributed by atoms with Crippen molar-refractivity contribution >= 4 is 47.6 Å². The molecule has 6 heteroatoms. The van der Waals surface area contributed by atoms with Gasteiger partial charge in [0, 0.05) is 14.6 Å². The van der Waals surface area contributed by atoms with Crippen molar-refractivity contribution in [2.24, 2.45) is 0 Å². The third kappa shape index (κ3) is 3.42. The lowest BCUT2D eigenvalue weighted by Crippen LogP contribution is -2.14. The Morgan fingerprint density at radius 3 is 2.15 bits per heavy atom. The van der Waals surface area contributed by atoms with E-state index in [1.165, 1.54) is 0 Å². The molecule has 2 rings (SSSR count). The first kappa shape index (κ1) is 15.5. The van der Waals surface area contributed by atoms with Crippen molar-refractivity contribution in [2.45, 2.75) is 18.7 Å². The number of halogens is 2. The van der Waals surface area contributed by atoms with Crippen LogP contribution in [0.15, 0.2) is 50.2 Å². The molecule has 0 aliphatic carbocycles. The van der Waals surface area contributed by atoms with Gasteiger partial charge in [0.2, 0.25) is 0 Å². The van der Waals surface area contributed by atoms with Crippen molar-refractivity contribution in [1.29, 1.82) is 0 Å². The molecule has 0 spiro atoms. The van der Waals surface area contributed by atoms with Gasteiger partial charge in [0.15, 0.2) is 0 Å². The van der Waals surface area contributed by atoms with E-state index in [1.54, 1.807) is 37.3 Å². The molecule has 0 aliphatic rings. The molecule has 1 N–H and O–H groups in total. The summed E-state index contributed by atoms with van der Waals surface area (Å²) in [5.74, 6) is 0. The van der Waals surface area contributed by atoms with E-state index in [0.29, 0.717) is 16.1 Å². The fraction of sp³-hybridized carbons (Fsp3) is 0.143. The Balaban J connectivity index is 2.40. The first-order valence-corrected chi connectivity index (χ1v) is 8.91. The van der Waals surface area contributed by atoms with E-state index in [-0.39, 0.29) is 0 Å². The van der Waals surface area contributed by atoms with E-state index >= 15 is 0 Å². The van der Waals surface area contributed by atoms with Gasteiger partial charge in [-0.05, 0) is 61.4 Å². The average Bonchev–Trinajstić information content (AvgIpc) is 2.36. The second-order valence-electron chi connectivity index (χ2n) is 4.48. The molecule has 2 aromatic rings. The minimum Gasteiger partial charge on any atom is -0.280 e. The van der Waals surface area contributed by atoms with Gasteiger partial charge in [-0.1, -0.05) is 31.9 Å². The number of hydrogen-bond donors (Lipinski definition) is 1. The van der Waals surface area contributed by atoms with Crippen LogP contribution in [0.2, 0.25) is 0 Å². The molecule has 106 valence electrons. The number of sulfonamides is 1. The van der Waals surface area contributed by atoms with Crippen molar-refractivity contribution in [2.75, 3.05) is 4.72 Å². The maximum atomic E-state index is 12.4. The fourth-order valence-corrected chi connectivity index (χ4v) is 3.87. The summed E-state index contributed by atoms with van der Waals surface area (Å²) >= 11 is 6.72. The van der Waals surface area contributed by atoms with E-state index in [2.05, 4.69) is 36.6 Å². The Bertz CT molecular complexity index is 741. The Hall–Kier alpha value is -0.850. The summed E-state index contributed by atoms with van der Waals surface area (Å²) in [6, 6.07) is 10.5. The smallest absolute Gasteiger partial charge is 0.262 e. The molecule has 0 aromatic heterocycles. The summed E-state index contributed by atoms with van der Waals surface area (Å²) in [6.45, 7) is 3.64. The maximum Gasteiger partial charge on any atom is 0.262 e. The highest BCUT2D eigenvalue weighted by Crippen LogP contribution is 2.26. The number of benzene rings is 2. The Labute approximate surface area is 135 Å². The molecule has 0 bridgehead atoms. The SMILES string of the molecule is Cc1cc(S(=O)(=O)Nc2ccc(Br)cc2)c(C)cc1Br. The van der Waals surface area contributed by atoms with Crippen LogP contribution in [0, 0.1) is 13.8 Å². The van der Waals surface area contributed by atoms with E-state index in [4.69, 9.17) is 0 Å². The molecule has 0 heterocycles. The zero-order chi connectivity index (χ0) is 14.9. The molecule has 0 fully saturated rings. The lowest BCUT2D eigenvalue weighted by atomic mass is 10.2. The Kier molecular flexibility index (Phi) is 4.56. The van der Waals surface area contributed by atoms with E-state index < -0.39 is 10.0 Å². The van der Waals surface area contributed by atoms with Crippen molar-refractivity contribution in [1.82, 2.24) is 0 Å². The highest BCUT2D eigenvalue weighted by molar-refractivity contribution is 9.10. The molecule has 2 aromatic carbocycles.